The third-order valence-electron chi connectivity index (χ3n) is 8.45. The number of carbonyl (C=O) groups excluding carboxylic acids is 2. The number of allylic oxidation sites excluding steroid dienone is 2. The Morgan fingerprint density at radius 3 is 1.56 bits per heavy atom. The summed E-state index contributed by atoms with van der Waals surface area (Å²) < 4.78 is 26.8. The summed E-state index contributed by atoms with van der Waals surface area (Å²) in [7, 11) is -4.41. The van der Waals surface area contributed by atoms with E-state index in [1.807, 2.05) is 0 Å². The van der Waals surface area contributed by atoms with Crippen LogP contribution in [0.4, 0.5) is 0 Å². The van der Waals surface area contributed by atoms with Crippen molar-refractivity contribution in [3.8, 4) is 0 Å². The number of amides is 1. The van der Waals surface area contributed by atoms with Crippen LogP contribution in [0.1, 0.15) is 187 Å². The van der Waals surface area contributed by atoms with E-state index in [2.05, 4.69) is 31.3 Å². The van der Waals surface area contributed by atoms with Crippen LogP contribution in [0.25, 0.3) is 0 Å². The smallest absolute Gasteiger partial charge is 0.463 e. The molecule has 0 aromatic rings. The normalized spacial score (nSPS) is 13.5. The molecule has 0 aromatic heterocycles. The van der Waals surface area contributed by atoms with Crippen molar-refractivity contribution in [2.45, 2.75) is 193 Å². The predicted molar refractivity (Wildman–Crippen MR) is 197 cm³/mol. The lowest BCUT2D eigenvalue weighted by Gasteiger charge is -2.15. The molecule has 0 aliphatic carbocycles. The van der Waals surface area contributed by atoms with Gasteiger partial charge in [0.05, 0.1) is 13.2 Å². The number of phosphoric ester groups is 1. The Hall–Kier alpha value is -1.25. The second-order valence-corrected chi connectivity index (χ2v) is 14.7. The zero-order valence-electron chi connectivity index (χ0n) is 30.9. The van der Waals surface area contributed by atoms with Gasteiger partial charge in [-0.25, -0.2) is 4.57 Å². The molecule has 0 rings (SSSR count). The molecule has 0 saturated heterocycles. The van der Waals surface area contributed by atoms with Crippen LogP contribution >= 0.6 is 7.82 Å². The average Bonchev–Trinajstić information content (AvgIpc) is 3.07. The van der Waals surface area contributed by atoms with Gasteiger partial charge in [0.2, 0.25) is 5.91 Å². The first kappa shape index (κ1) is 46.8. The lowest BCUT2D eigenvalue weighted by Crippen LogP contribution is -2.27. The molecule has 0 heterocycles. The van der Waals surface area contributed by atoms with Crippen molar-refractivity contribution in [3.05, 3.63) is 12.2 Å². The maximum absolute atomic E-state index is 12.0. The Labute approximate surface area is 294 Å². The maximum atomic E-state index is 12.0. The van der Waals surface area contributed by atoms with Gasteiger partial charge < -0.3 is 20.1 Å². The number of phosphoric acid groups is 1. The zero-order chi connectivity index (χ0) is 35.4. The van der Waals surface area contributed by atoms with Gasteiger partial charge in [0.1, 0.15) is 12.7 Å². The van der Waals surface area contributed by atoms with Gasteiger partial charge >= 0.3 is 13.8 Å². The largest absolute Gasteiger partial charge is 0.472 e. The van der Waals surface area contributed by atoms with Gasteiger partial charge in [0, 0.05) is 19.4 Å². The van der Waals surface area contributed by atoms with Crippen LogP contribution in [0.2, 0.25) is 0 Å². The van der Waals surface area contributed by atoms with Crippen molar-refractivity contribution < 1.29 is 37.9 Å². The molecule has 0 radical (unpaired) electrons. The number of hydrogen-bond donors (Lipinski definition) is 3. The van der Waals surface area contributed by atoms with Crippen LogP contribution in [0.5, 0.6) is 0 Å². The highest BCUT2D eigenvalue weighted by molar-refractivity contribution is 7.47. The monoisotopic (exact) mass is 704 g/mol. The lowest BCUT2D eigenvalue weighted by molar-refractivity contribution is -0.147. The molecular formula is C38H74NO8P. The second-order valence-electron chi connectivity index (χ2n) is 13.3. The van der Waals surface area contributed by atoms with Gasteiger partial charge in [-0.15, -0.1) is 0 Å². The third-order valence-corrected chi connectivity index (χ3v) is 9.43. The van der Waals surface area contributed by atoms with Crippen LogP contribution in [-0.2, 0) is 27.9 Å². The van der Waals surface area contributed by atoms with E-state index in [4.69, 9.17) is 13.8 Å². The van der Waals surface area contributed by atoms with E-state index in [-0.39, 0.29) is 32.1 Å². The Bertz CT molecular complexity index is 810. The lowest BCUT2D eigenvalue weighted by atomic mass is 10.1. The Morgan fingerprint density at radius 2 is 1.06 bits per heavy atom. The molecule has 284 valence electrons. The van der Waals surface area contributed by atoms with Crippen LogP contribution in [0.3, 0.4) is 0 Å². The molecule has 2 unspecified atom stereocenters. The summed E-state index contributed by atoms with van der Waals surface area (Å²) in [6.45, 7) is 3.54. The van der Waals surface area contributed by atoms with Crippen LogP contribution < -0.4 is 5.32 Å². The van der Waals surface area contributed by atoms with E-state index in [9.17, 15) is 24.2 Å². The number of hydrogen-bond acceptors (Lipinski definition) is 7. The van der Waals surface area contributed by atoms with E-state index in [1.165, 1.54) is 103 Å². The van der Waals surface area contributed by atoms with Crippen molar-refractivity contribution in [3.63, 3.8) is 0 Å². The van der Waals surface area contributed by atoms with Crippen molar-refractivity contribution in [1.29, 1.82) is 0 Å². The average molecular weight is 704 g/mol. The van der Waals surface area contributed by atoms with Gasteiger partial charge in [-0.3, -0.25) is 18.6 Å². The minimum absolute atomic E-state index is 0.0847. The van der Waals surface area contributed by atoms with Crippen molar-refractivity contribution in [2.24, 2.45) is 0 Å². The molecule has 2 atom stereocenters. The van der Waals surface area contributed by atoms with Gasteiger partial charge in [0.15, 0.2) is 0 Å². The molecule has 0 aliphatic heterocycles. The number of ether oxygens (including phenoxy) is 1. The third kappa shape index (κ3) is 36.0. The van der Waals surface area contributed by atoms with Gasteiger partial charge in [0.25, 0.3) is 0 Å². The molecule has 9 nitrogen and oxygen atoms in total. The van der Waals surface area contributed by atoms with E-state index in [1.54, 1.807) is 0 Å². The molecule has 48 heavy (non-hydrogen) atoms. The minimum atomic E-state index is -4.41. The second kappa shape index (κ2) is 35.6. The number of aliphatic hydroxyl groups excluding tert-OH is 1. The number of rotatable bonds is 37. The van der Waals surface area contributed by atoms with Crippen molar-refractivity contribution >= 4 is 19.7 Å². The molecule has 0 fully saturated rings. The number of esters is 1. The first-order chi connectivity index (χ1) is 23.3. The van der Waals surface area contributed by atoms with Gasteiger partial charge in [-0.05, 0) is 38.5 Å². The van der Waals surface area contributed by atoms with E-state index < -0.39 is 26.5 Å². The van der Waals surface area contributed by atoms with Crippen LogP contribution in [0.15, 0.2) is 12.2 Å². The fraction of sp³-hybridized carbons (Fsp3) is 0.895. The Kier molecular flexibility index (Phi) is 34.6. The number of unbranched alkanes of at least 4 members (excludes halogenated alkanes) is 22. The Balaban J connectivity index is 3.61. The van der Waals surface area contributed by atoms with Crippen LogP contribution in [-0.4, -0.2) is 54.3 Å². The summed E-state index contributed by atoms with van der Waals surface area (Å²) in [4.78, 5) is 33.7. The van der Waals surface area contributed by atoms with Gasteiger partial charge in [-0.1, -0.05) is 148 Å². The molecule has 0 spiro atoms. The fourth-order valence-electron chi connectivity index (χ4n) is 5.43. The molecular weight excluding hydrogens is 629 g/mol. The van der Waals surface area contributed by atoms with Crippen molar-refractivity contribution in [2.75, 3.05) is 26.4 Å². The fourth-order valence-corrected chi connectivity index (χ4v) is 6.19. The van der Waals surface area contributed by atoms with Crippen molar-refractivity contribution in [1.82, 2.24) is 5.32 Å². The van der Waals surface area contributed by atoms with Gasteiger partial charge in [-0.2, -0.15) is 0 Å². The summed E-state index contributed by atoms with van der Waals surface area (Å²) in [6, 6.07) is 0. The quantitative estimate of drug-likeness (QED) is 0.0252. The summed E-state index contributed by atoms with van der Waals surface area (Å²) in [6.07, 6.45) is 34.2. The first-order valence-corrected chi connectivity index (χ1v) is 21.2. The molecule has 1 amide bonds. The molecule has 0 bridgehead atoms. The highest BCUT2D eigenvalue weighted by Crippen LogP contribution is 2.42. The van der Waals surface area contributed by atoms with E-state index in [0.29, 0.717) is 6.42 Å². The maximum Gasteiger partial charge on any atom is 0.472 e. The van der Waals surface area contributed by atoms with E-state index >= 15 is 0 Å². The standard InChI is InChI=1S/C38H74NO8P/c1-3-5-7-9-11-13-15-16-17-18-19-21-23-25-27-29-31-38(42)45-34-36(40)35-47-48(43,44)46-33-32-39-37(41)30-28-26-24-22-20-14-12-10-8-6-4-2/h17-18,36,40H,3-16,19-35H2,1-2H3,(H,39,41)(H,43,44)/b18-17-. The molecule has 10 heteroatoms. The minimum Gasteiger partial charge on any atom is -0.463 e. The zero-order valence-corrected chi connectivity index (χ0v) is 31.8. The summed E-state index contributed by atoms with van der Waals surface area (Å²) >= 11 is 0. The SMILES string of the molecule is CCCCCCCCC/C=C\CCCCCCCC(=O)OCC(O)COP(=O)(O)OCCNC(=O)CCCCCCCCCCCCC. The summed E-state index contributed by atoms with van der Waals surface area (Å²) in [5.41, 5.74) is 0. The molecule has 0 aliphatic rings. The Morgan fingerprint density at radius 1 is 0.625 bits per heavy atom. The summed E-state index contributed by atoms with van der Waals surface area (Å²) in [5, 5.41) is 12.6. The molecule has 0 saturated carbocycles. The number of aliphatic hydroxyl groups is 1. The van der Waals surface area contributed by atoms with Crippen LogP contribution in [0, 0.1) is 0 Å². The highest BCUT2D eigenvalue weighted by Gasteiger charge is 2.23. The molecule has 3 N–H and O–H groups in total. The van der Waals surface area contributed by atoms with E-state index in [0.717, 1.165) is 57.8 Å². The highest BCUT2D eigenvalue weighted by atomic mass is 31.2. The topological polar surface area (TPSA) is 131 Å². The number of carbonyl (C=O) groups is 2. The molecule has 0 aromatic carbocycles. The first-order valence-electron chi connectivity index (χ1n) is 19.7. The predicted octanol–water partition coefficient (Wildman–Crippen LogP) is 10.3. The summed E-state index contributed by atoms with van der Waals surface area (Å²) in [5.74, 6) is -0.521. The number of nitrogens with one attached hydrogen (secondary N) is 1.